The zero-order valence-corrected chi connectivity index (χ0v) is 8.97. The predicted molar refractivity (Wildman–Crippen MR) is 55.2 cm³/mol. The van der Waals surface area contributed by atoms with E-state index in [1.165, 1.54) is 38.5 Å². The average Bonchev–Trinajstić information content (AvgIpc) is 1.98. The summed E-state index contributed by atoms with van der Waals surface area (Å²) < 4.78 is 0. The van der Waals surface area contributed by atoms with E-state index < -0.39 is 0 Å². The first-order valence-electron chi connectivity index (χ1n) is 5.74. The Morgan fingerprint density at radius 2 is 1.67 bits per heavy atom. The summed E-state index contributed by atoms with van der Waals surface area (Å²) in [7, 11) is 0. The molecule has 0 spiro atoms. The molecule has 0 amide bonds. The minimum absolute atomic E-state index is 0.910. The van der Waals surface area contributed by atoms with Crippen LogP contribution in [0.2, 0.25) is 0 Å². The van der Waals surface area contributed by atoms with Crippen molar-refractivity contribution in [2.45, 2.75) is 59.3 Å². The lowest BCUT2D eigenvalue weighted by Gasteiger charge is -2.37. The Morgan fingerprint density at radius 1 is 1.08 bits per heavy atom. The third-order valence-corrected chi connectivity index (χ3v) is 3.35. The van der Waals surface area contributed by atoms with Crippen LogP contribution in [-0.4, -0.2) is 0 Å². The quantitative estimate of drug-likeness (QED) is 0.575. The van der Waals surface area contributed by atoms with Gasteiger partial charge in [-0.15, -0.1) is 0 Å². The fourth-order valence-corrected chi connectivity index (χ4v) is 2.32. The van der Waals surface area contributed by atoms with Crippen molar-refractivity contribution in [3.63, 3.8) is 0 Å². The lowest BCUT2D eigenvalue weighted by molar-refractivity contribution is 0.144. The molecule has 0 aromatic carbocycles. The van der Waals surface area contributed by atoms with Crippen molar-refractivity contribution in [3.05, 3.63) is 0 Å². The van der Waals surface area contributed by atoms with Gasteiger partial charge in [-0.2, -0.15) is 0 Å². The van der Waals surface area contributed by atoms with Crippen LogP contribution in [0.15, 0.2) is 0 Å². The fourth-order valence-electron chi connectivity index (χ4n) is 2.32. The molecular formula is C12H24. The second-order valence-electron chi connectivity index (χ2n) is 4.86. The molecule has 12 heavy (non-hydrogen) atoms. The normalized spacial score (nSPS) is 29.0. The minimum Gasteiger partial charge on any atom is -0.0654 e. The third kappa shape index (κ3) is 2.80. The molecule has 1 fully saturated rings. The Balaban J connectivity index is 2.08. The molecule has 1 aliphatic rings. The number of hydrogen-bond donors (Lipinski definition) is 0. The Hall–Kier alpha value is 0. The van der Waals surface area contributed by atoms with Crippen molar-refractivity contribution < 1.29 is 0 Å². The maximum absolute atomic E-state index is 2.34. The van der Waals surface area contributed by atoms with Crippen molar-refractivity contribution in [1.29, 1.82) is 0 Å². The van der Waals surface area contributed by atoms with Crippen LogP contribution in [0.4, 0.5) is 0 Å². The van der Waals surface area contributed by atoms with E-state index in [0.29, 0.717) is 0 Å². The topological polar surface area (TPSA) is 0 Å². The average molecular weight is 168 g/mol. The Labute approximate surface area is 77.7 Å². The van der Waals surface area contributed by atoms with Gasteiger partial charge >= 0.3 is 0 Å². The molecule has 0 nitrogen and oxygen atoms in total. The molecule has 1 saturated carbocycles. The second-order valence-corrected chi connectivity index (χ2v) is 4.86. The van der Waals surface area contributed by atoms with Crippen molar-refractivity contribution >= 4 is 0 Å². The lowest BCUT2D eigenvalue weighted by Crippen LogP contribution is -2.25. The summed E-state index contributed by atoms with van der Waals surface area (Å²) in [5.74, 6) is 3.12. The monoisotopic (exact) mass is 168 g/mol. The first kappa shape index (κ1) is 10.1. The highest BCUT2D eigenvalue weighted by atomic mass is 14.3. The third-order valence-electron chi connectivity index (χ3n) is 3.35. The van der Waals surface area contributed by atoms with Gasteiger partial charge in [0.15, 0.2) is 0 Å². The number of rotatable bonds is 5. The van der Waals surface area contributed by atoms with Gasteiger partial charge < -0.3 is 0 Å². The summed E-state index contributed by atoms with van der Waals surface area (Å²) in [6, 6.07) is 0. The summed E-state index contributed by atoms with van der Waals surface area (Å²) in [6.45, 7) is 7.00. The van der Waals surface area contributed by atoms with Crippen LogP contribution >= 0.6 is 0 Å². The van der Waals surface area contributed by atoms with Gasteiger partial charge in [0.05, 0.1) is 0 Å². The highest BCUT2D eigenvalue weighted by molar-refractivity contribution is 4.80. The van der Waals surface area contributed by atoms with Crippen molar-refractivity contribution in [2.75, 3.05) is 0 Å². The van der Waals surface area contributed by atoms with E-state index in [9.17, 15) is 0 Å². The van der Waals surface area contributed by atoms with Crippen LogP contribution in [0.25, 0.3) is 0 Å². The second kappa shape index (κ2) is 4.89. The molecule has 0 aromatic rings. The molecule has 1 rings (SSSR count). The predicted octanol–water partition coefficient (Wildman–Crippen LogP) is 4.25. The number of hydrogen-bond acceptors (Lipinski definition) is 0. The van der Waals surface area contributed by atoms with E-state index in [-0.39, 0.29) is 0 Å². The first-order valence-corrected chi connectivity index (χ1v) is 5.74. The smallest absolute Gasteiger partial charge is 0.0386 e. The maximum atomic E-state index is 2.34. The van der Waals surface area contributed by atoms with E-state index in [1.54, 1.807) is 0 Å². The van der Waals surface area contributed by atoms with Crippen LogP contribution in [0.1, 0.15) is 59.3 Å². The van der Waals surface area contributed by atoms with E-state index in [4.69, 9.17) is 0 Å². The van der Waals surface area contributed by atoms with Crippen molar-refractivity contribution in [3.8, 4) is 0 Å². The first-order chi connectivity index (χ1) is 5.74. The van der Waals surface area contributed by atoms with Crippen molar-refractivity contribution in [1.82, 2.24) is 0 Å². The molecule has 0 radical (unpaired) electrons. The van der Waals surface area contributed by atoms with Gasteiger partial charge in [-0.25, -0.2) is 0 Å². The molecule has 0 heterocycles. The van der Waals surface area contributed by atoms with Gasteiger partial charge in [-0.05, 0) is 37.0 Å². The standard InChI is InChI=1S/C12H24/c1-4-5-11-8-9-12(11)7-6-10(2)3/h10-12H,4-9H2,1-3H3. The summed E-state index contributed by atoms with van der Waals surface area (Å²) in [4.78, 5) is 0. The molecular weight excluding hydrogens is 144 g/mol. The molecule has 2 atom stereocenters. The van der Waals surface area contributed by atoms with Gasteiger partial charge in [0.25, 0.3) is 0 Å². The van der Waals surface area contributed by atoms with E-state index in [1.807, 2.05) is 0 Å². The SMILES string of the molecule is CCCC1CCC1CCC(C)C. The zero-order chi connectivity index (χ0) is 8.97. The van der Waals surface area contributed by atoms with Gasteiger partial charge in [-0.3, -0.25) is 0 Å². The Kier molecular flexibility index (Phi) is 4.11. The molecule has 0 aromatic heterocycles. The molecule has 2 unspecified atom stereocenters. The van der Waals surface area contributed by atoms with E-state index >= 15 is 0 Å². The van der Waals surface area contributed by atoms with Gasteiger partial charge in [0.2, 0.25) is 0 Å². The molecule has 1 aliphatic carbocycles. The van der Waals surface area contributed by atoms with Crippen LogP contribution in [-0.2, 0) is 0 Å². The molecule has 0 bridgehead atoms. The largest absolute Gasteiger partial charge is 0.0654 e. The van der Waals surface area contributed by atoms with Crippen LogP contribution in [0.5, 0.6) is 0 Å². The summed E-state index contributed by atoms with van der Waals surface area (Å²) in [5, 5.41) is 0. The minimum atomic E-state index is 0.910. The highest BCUT2D eigenvalue weighted by Gasteiger charge is 2.29. The maximum Gasteiger partial charge on any atom is -0.0386 e. The Morgan fingerprint density at radius 3 is 2.08 bits per heavy atom. The Bertz CT molecular complexity index is 115. The molecule has 0 saturated heterocycles. The molecule has 0 heteroatoms. The van der Waals surface area contributed by atoms with Gasteiger partial charge in [-0.1, -0.05) is 40.0 Å². The summed E-state index contributed by atoms with van der Waals surface area (Å²) in [5.41, 5.74) is 0. The lowest BCUT2D eigenvalue weighted by atomic mass is 9.69. The molecule has 0 N–H and O–H groups in total. The van der Waals surface area contributed by atoms with Crippen molar-refractivity contribution in [2.24, 2.45) is 17.8 Å². The molecule has 0 aliphatic heterocycles. The van der Waals surface area contributed by atoms with E-state index in [0.717, 1.165) is 17.8 Å². The zero-order valence-electron chi connectivity index (χ0n) is 8.97. The highest BCUT2D eigenvalue weighted by Crippen LogP contribution is 2.40. The summed E-state index contributed by atoms with van der Waals surface area (Å²) in [6.07, 6.45) is 8.88. The fraction of sp³-hybridized carbons (Fsp3) is 1.00. The van der Waals surface area contributed by atoms with Gasteiger partial charge in [0, 0.05) is 0 Å². The summed E-state index contributed by atoms with van der Waals surface area (Å²) >= 11 is 0. The van der Waals surface area contributed by atoms with Crippen LogP contribution in [0.3, 0.4) is 0 Å². The van der Waals surface area contributed by atoms with Crippen LogP contribution in [0, 0.1) is 17.8 Å². The van der Waals surface area contributed by atoms with Crippen LogP contribution < -0.4 is 0 Å². The van der Waals surface area contributed by atoms with Gasteiger partial charge in [0.1, 0.15) is 0 Å². The molecule has 72 valence electrons. The van der Waals surface area contributed by atoms with E-state index in [2.05, 4.69) is 20.8 Å².